The van der Waals surface area contributed by atoms with Gasteiger partial charge in [0.15, 0.2) is 0 Å². The predicted molar refractivity (Wildman–Crippen MR) is 68.3 cm³/mol. The van der Waals surface area contributed by atoms with Crippen molar-refractivity contribution in [2.45, 2.75) is 12.6 Å². The van der Waals surface area contributed by atoms with Gasteiger partial charge in [0.2, 0.25) is 0 Å². The van der Waals surface area contributed by atoms with Crippen molar-refractivity contribution in [1.29, 1.82) is 0 Å². The molecule has 1 atom stereocenters. The number of nitrogens with zero attached hydrogens (tertiary/aromatic N) is 1. The van der Waals surface area contributed by atoms with Gasteiger partial charge < -0.3 is 10.2 Å². The Morgan fingerprint density at radius 1 is 1.32 bits per heavy atom. The maximum absolute atomic E-state index is 13.8. The van der Waals surface area contributed by atoms with Crippen molar-refractivity contribution in [3.05, 3.63) is 59.6 Å². The fraction of sp³-hybridized carbons (Fsp3) is 0.286. The lowest BCUT2D eigenvalue weighted by molar-refractivity contribution is 0.235. The molecule has 102 valence electrons. The molecule has 1 unspecified atom stereocenters. The molecule has 5 heteroatoms. The highest BCUT2D eigenvalue weighted by atomic mass is 19.1. The van der Waals surface area contributed by atoms with Crippen LogP contribution in [-0.4, -0.2) is 18.5 Å². The highest BCUT2D eigenvalue weighted by Crippen LogP contribution is 2.24. The molecule has 2 rings (SSSR count). The van der Waals surface area contributed by atoms with E-state index in [2.05, 4.69) is 0 Å². The molecule has 0 aliphatic rings. The Morgan fingerprint density at radius 3 is 2.74 bits per heavy atom. The summed E-state index contributed by atoms with van der Waals surface area (Å²) in [5.41, 5.74) is 6.93. The maximum atomic E-state index is 13.8. The molecule has 0 fully saturated rings. The van der Waals surface area contributed by atoms with E-state index >= 15 is 0 Å². The second-order valence-electron chi connectivity index (χ2n) is 4.46. The monoisotopic (exact) mass is 266 g/mol. The van der Waals surface area contributed by atoms with E-state index in [1.807, 2.05) is 18.0 Å². The minimum atomic E-state index is -0.466. The van der Waals surface area contributed by atoms with Gasteiger partial charge in [-0.05, 0) is 31.3 Å². The quantitative estimate of drug-likeness (QED) is 0.904. The Balaban J connectivity index is 2.21. The molecule has 2 N–H and O–H groups in total. The summed E-state index contributed by atoms with van der Waals surface area (Å²) < 4.78 is 32.0. The molecule has 1 aromatic carbocycles. The highest BCUT2D eigenvalue weighted by Gasteiger charge is 2.20. The van der Waals surface area contributed by atoms with E-state index < -0.39 is 11.6 Å². The molecule has 19 heavy (non-hydrogen) atoms. The molecule has 0 aliphatic heterocycles. The zero-order valence-electron chi connectivity index (χ0n) is 10.6. The zero-order chi connectivity index (χ0) is 13.8. The molecular weight excluding hydrogens is 250 g/mol. The lowest BCUT2D eigenvalue weighted by atomic mass is 10.0. The molecule has 2 aromatic rings. The number of likely N-dealkylation sites (N-methyl/N-ethyl adjacent to an activating group) is 1. The SMILES string of the molecule is CN(Cc1ccoc1)C(CN)c1cc(F)ccc1F. The summed E-state index contributed by atoms with van der Waals surface area (Å²) in [5.74, 6) is -0.914. The first-order valence-corrected chi connectivity index (χ1v) is 5.98. The summed E-state index contributed by atoms with van der Waals surface area (Å²) in [6, 6.07) is 4.86. The van der Waals surface area contributed by atoms with Gasteiger partial charge in [0.1, 0.15) is 11.6 Å². The number of rotatable bonds is 5. The predicted octanol–water partition coefficient (Wildman–Crippen LogP) is 2.69. The number of halogens is 2. The van der Waals surface area contributed by atoms with Gasteiger partial charge >= 0.3 is 0 Å². The molecule has 0 saturated heterocycles. The summed E-state index contributed by atoms with van der Waals surface area (Å²) in [6.45, 7) is 0.753. The van der Waals surface area contributed by atoms with Gasteiger partial charge in [-0.2, -0.15) is 0 Å². The minimum absolute atomic E-state index is 0.203. The van der Waals surface area contributed by atoms with Crippen LogP contribution in [0.25, 0.3) is 0 Å². The van der Waals surface area contributed by atoms with Crippen LogP contribution in [0.2, 0.25) is 0 Å². The Morgan fingerprint density at radius 2 is 2.11 bits per heavy atom. The highest BCUT2D eigenvalue weighted by molar-refractivity contribution is 5.23. The molecular formula is C14H16F2N2O. The van der Waals surface area contributed by atoms with Gasteiger partial charge in [0.25, 0.3) is 0 Å². The summed E-state index contributed by atoms with van der Waals surface area (Å²) in [4.78, 5) is 1.86. The van der Waals surface area contributed by atoms with E-state index in [-0.39, 0.29) is 18.2 Å². The van der Waals surface area contributed by atoms with Crippen LogP contribution in [0.4, 0.5) is 8.78 Å². The number of furan rings is 1. The van der Waals surface area contributed by atoms with E-state index in [1.165, 1.54) is 6.07 Å². The largest absolute Gasteiger partial charge is 0.472 e. The fourth-order valence-corrected chi connectivity index (χ4v) is 2.10. The van der Waals surface area contributed by atoms with E-state index in [1.54, 1.807) is 12.5 Å². The summed E-state index contributed by atoms with van der Waals surface area (Å²) in [6.07, 6.45) is 3.19. The lowest BCUT2D eigenvalue weighted by Gasteiger charge is -2.27. The van der Waals surface area contributed by atoms with Crippen LogP contribution in [0.5, 0.6) is 0 Å². The van der Waals surface area contributed by atoms with Crippen molar-refractivity contribution < 1.29 is 13.2 Å². The molecule has 0 bridgehead atoms. The smallest absolute Gasteiger partial charge is 0.128 e. The molecule has 3 nitrogen and oxygen atoms in total. The average molecular weight is 266 g/mol. The first kappa shape index (κ1) is 13.7. The van der Waals surface area contributed by atoms with Crippen LogP contribution >= 0.6 is 0 Å². The maximum Gasteiger partial charge on any atom is 0.128 e. The number of hydrogen-bond donors (Lipinski definition) is 1. The van der Waals surface area contributed by atoms with Crippen molar-refractivity contribution in [1.82, 2.24) is 4.90 Å². The number of hydrogen-bond acceptors (Lipinski definition) is 3. The summed E-state index contributed by atoms with van der Waals surface area (Å²) in [5, 5.41) is 0. The fourth-order valence-electron chi connectivity index (χ4n) is 2.10. The normalized spacial score (nSPS) is 12.9. The molecule has 1 aromatic heterocycles. The third-order valence-corrected chi connectivity index (χ3v) is 3.08. The second kappa shape index (κ2) is 5.95. The first-order valence-electron chi connectivity index (χ1n) is 5.98. The van der Waals surface area contributed by atoms with Gasteiger partial charge in [-0.1, -0.05) is 0 Å². The van der Waals surface area contributed by atoms with Crippen LogP contribution in [0.1, 0.15) is 17.2 Å². The average Bonchev–Trinajstić information content (AvgIpc) is 2.87. The summed E-state index contributed by atoms with van der Waals surface area (Å²) >= 11 is 0. The van der Waals surface area contributed by atoms with E-state index in [0.717, 1.165) is 17.7 Å². The molecule has 0 amide bonds. The van der Waals surface area contributed by atoms with E-state index in [4.69, 9.17) is 10.2 Å². The number of benzene rings is 1. The topological polar surface area (TPSA) is 42.4 Å². The van der Waals surface area contributed by atoms with E-state index in [0.29, 0.717) is 6.54 Å². The van der Waals surface area contributed by atoms with Crippen LogP contribution in [0.15, 0.2) is 41.2 Å². The van der Waals surface area contributed by atoms with Gasteiger partial charge in [0, 0.05) is 24.2 Å². The van der Waals surface area contributed by atoms with Crippen LogP contribution in [0.3, 0.4) is 0 Å². The van der Waals surface area contributed by atoms with Crippen molar-refractivity contribution in [2.75, 3.05) is 13.6 Å². The van der Waals surface area contributed by atoms with Gasteiger partial charge in [-0.25, -0.2) is 8.78 Å². The Hall–Kier alpha value is -1.72. The summed E-state index contributed by atoms with van der Waals surface area (Å²) in [7, 11) is 1.81. The third kappa shape index (κ3) is 3.19. The minimum Gasteiger partial charge on any atom is -0.472 e. The number of nitrogens with two attached hydrogens (primary N) is 1. The standard InChI is InChI=1S/C14H16F2N2O/c1-18(8-10-4-5-19-9-10)14(7-17)12-6-11(15)2-3-13(12)16/h2-6,9,14H,7-8,17H2,1H3. The van der Waals surface area contributed by atoms with Crippen molar-refractivity contribution in [3.8, 4) is 0 Å². The van der Waals surface area contributed by atoms with Gasteiger partial charge in [-0.3, -0.25) is 4.90 Å². The molecule has 0 aliphatic carbocycles. The molecule has 0 saturated carbocycles. The van der Waals surface area contributed by atoms with E-state index in [9.17, 15) is 8.78 Å². The van der Waals surface area contributed by atoms with Crippen LogP contribution in [-0.2, 0) is 6.54 Å². The molecule has 1 heterocycles. The Labute approximate surface area is 110 Å². The second-order valence-corrected chi connectivity index (χ2v) is 4.46. The first-order chi connectivity index (χ1) is 9.11. The molecule has 0 spiro atoms. The lowest BCUT2D eigenvalue weighted by Crippen LogP contribution is -2.30. The van der Waals surface area contributed by atoms with Crippen LogP contribution in [0, 0.1) is 11.6 Å². The Kier molecular flexibility index (Phi) is 4.29. The van der Waals surface area contributed by atoms with Crippen molar-refractivity contribution in [3.63, 3.8) is 0 Å². The molecule has 0 radical (unpaired) electrons. The third-order valence-electron chi connectivity index (χ3n) is 3.08. The zero-order valence-corrected chi connectivity index (χ0v) is 10.6. The van der Waals surface area contributed by atoms with Crippen LogP contribution < -0.4 is 5.73 Å². The van der Waals surface area contributed by atoms with Crippen molar-refractivity contribution in [2.24, 2.45) is 5.73 Å². The Bertz CT molecular complexity index is 528. The van der Waals surface area contributed by atoms with Crippen molar-refractivity contribution >= 4 is 0 Å². The van der Waals surface area contributed by atoms with Gasteiger partial charge in [-0.15, -0.1) is 0 Å². The van der Waals surface area contributed by atoms with Gasteiger partial charge in [0.05, 0.1) is 18.6 Å².